The van der Waals surface area contributed by atoms with Crippen LogP contribution < -0.4 is 0 Å². The zero-order valence-corrected chi connectivity index (χ0v) is 30.3. The Kier molecular flexibility index (Phi) is 11.8. The summed E-state index contributed by atoms with van der Waals surface area (Å²) >= 11 is 0. The molecule has 0 aliphatic heterocycles. The molecule has 272 valence electrons. The van der Waals surface area contributed by atoms with E-state index >= 15 is 8.78 Å². The standard InChI is InChI=1S/C47H40F4N2O/c1-5-23-52(3)29-31-7-11-33(12-8-31)39-19-15-35(25-43(39)41-21-17-37(48)27-45(41)50)47(54)36-16-20-40(44(26-36)42-22-18-38(49)28-46(42)51)34-13-9-32(10-14-34)30-53(4)24-6-2/h5-22,25-28H,1-2,23-24,29-30H2,3-4H3. The van der Waals surface area contributed by atoms with Crippen LogP contribution in [0.1, 0.15) is 27.0 Å². The number of likely N-dealkylation sites (N-methyl/N-ethyl adjacent to an activating group) is 2. The molecule has 0 spiro atoms. The van der Waals surface area contributed by atoms with E-state index in [1.807, 2.05) is 74.8 Å². The molecule has 3 nitrogen and oxygen atoms in total. The second-order valence-corrected chi connectivity index (χ2v) is 13.5. The monoisotopic (exact) mass is 724 g/mol. The number of halogens is 4. The fourth-order valence-corrected chi connectivity index (χ4v) is 6.68. The lowest BCUT2D eigenvalue weighted by atomic mass is 9.88. The Hall–Kier alpha value is -5.89. The second-order valence-electron chi connectivity index (χ2n) is 13.5. The predicted octanol–water partition coefficient (Wildman–Crippen LogP) is 11.4. The Balaban J connectivity index is 1.41. The number of rotatable bonds is 14. The SMILES string of the molecule is C=CCN(C)Cc1ccc(-c2ccc(C(=O)c3ccc(-c4ccc(CN(C)CC=C)cc4)c(-c4ccc(F)cc4F)c3)cc2-c2ccc(F)cc2F)cc1. The Morgan fingerprint density at radius 1 is 0.500 bits per heavy atom. The highest BCUT2D eigenvalue weighted by molar-refractivity contribution is 6.11. The van der Waals surface area contributed by atoms with Crippen LogP contribution in [-0.4, -0.2) is 42.8 Å². The van der Waals surface area contributed by atoms with Gasteiger partial charge in [-0.05, 0) is 95.0 Å². The molecular formula is C47H40F4N2O. The quantitative estimate of drug-likeness (QED) is 0.0635. The van der Waals surface area contributed by atoms with Gasteiger partial charge in [0.05, 0.1) is 0 Å². The summed E-state index contributed by atoms with van der Waals surface area (Å²) in [7, 11) is 3.99. The van der Waals surface area contributed by atoms with E-state index in [-0.39, 0.29) is 28.0 Å². The highest BCUT2D eigenvalue weighted by atomic mass is 19.1. The molecule has 0 saturated carbocycles. The lowest BCUT2D eigenvalue weighted by molar-refractivity contribution is 0.103. The van der Waals surface area contributed by atoms with Crippen molar-refractivity contribution in [2.75, 3.05) is 27.2 Å². The maximum absolute atomic E-state index is 15.4. The highest BCUT2D eigenvalue weighted by Crippen LogP contribution is 2.38. The van der Waals surface area contributed by atoms with Gasteiger partial charge in [-0.1, -0.05) is 84.9 Å². The largest absolute Gasteiger partial charge is 0.298 e. The van der Waals surface area contributed by atoms with Crippen molar-refractivity contribution in [1.82, 2.24) is 9.80 Å². The predicted molar refractivity (Wildman–Crippen MR) is 211 cm³/mol. The first-order valence-corrected chi connectivity index (χ1v) is 17.6. The zero-order chi connectivity index (χ0) is 38.4. The minimum absolute atomic E-state index is 0.138. The number of carbonyl (C=O) groups excluding carboxylic acids is 1. The van der Waals surface area contributed by atoms with Gasteiger partial charge in [-0.3, -0.25) is 14.6 Å². The first-order valence-electron chi connectivity index (χ1n) is 17.6. The Bertz CT molecular complexity index is 2150. The fraction of sp³-hybridized carbons (Fsp3) is 0.128. The van der Waals surface area contributed by atoms with E-state index in [2.05, 4.69) is 23.0 Å². The first-order chi connectivity index (χ1) is 26.0. The molecular weight excluding hydrogens is 685 g/mol. The van der Waals surface area contributed by atoms with Gasteiger partial charge in [0, 0.05) is 60.6 Å². The minimum atomic E-state index is -0.764. The molecule has 0 unspecified atom stereocenters. The third-order valence-electron chi connectivity index (χ3n) is 9.32. The van der Waals surface area contributed by atoms with Gasteiger partial charge in [0.2, 0.25) is 0 Å². The van der Waals surface area contributed by atoms with Crippen LogP contribution in [0.2, 0.25) is 0 Å². The van der Waals surface area contributed by atoms with Crippen LogP contribution in [0.4, 0.5) is 17.6 Å². The number of ketones is 1. The van der Waals surface area contributed by atoms with E-state index in [9.17, 15) is 13.6 Å². The van der Waals surface area contributed by atoms with E-state index in [4.69, 9.17) is 0 Å². The zero-order valence-electron chi connectivity index (χ0n) is 30.3. The Morgan fingerprint density at radius 2 is 0.870 bits per heavy atom. The van der Waals surface area contributed by atoms with E-state index < -0.39 is 23.3 Å². The van der Waals surface area contributed by atoms with Crippen molar-refractivity contribution < 1.29 is 22.4 Å². The fourth-order valence-electron chi connectivity index (χ4n) is 6.68. The van der Waals surface area contributed by atoms with Crippen LogP contribution in [0.25, 0.3) is 44.5 Å². The third kappa shape index (κ3) is 8.66. The summed E-state index contributed by atoms with van der Waals surface area (Å²) in [5.41, 5.74) is 6.67. The number of carbonyl (C=O) groups is 1. The smallest absolute Gasteiger partial charge is 0.193 e. The third-order valence-corrected chi connectivity index (χ3v) is 9.32. The van der Waals surface area contributed by atoms with E-state index in [0.29, 0.717) is 35.3 Å². The topological polar surface area (TPSA) is 23.6 Å². The number of benzene rings is 6. The molecule has 0 aromatic heterocycles. The molecule has 0 fully saturated rings. The van der Waals surface area contributed by atoms with Crippen LogP contribution >= 0.6 is 0 Å². The molecule has 7 heteroatoms. The number of hydrogen-bond acceptors (Lipinski definition) is 3. The van der Waals surface area contributed by atoms with Crippen LogP contribution in [0.15, 0.2) is 147 Å². The van der Waals surface area contributed by atoms with Crippen LogP contribution in [-0.2, 0) is 13.1 Å². The van der Waals surface area contributed by atoms with E-state index in [0.717, 1.165) is 47.5 Å². The van der Waals surface area contributed by atoms with Crippen molar-refractivity contribution in [3.05, 3.63) is 192 Å². The molecule has 0 aliphatic rings. The molecule has 0 saturated heterocycles. The number of nitrogens with zero attached hydrogens (tertiary/aromatic N) is 2. The molecule has 0 N–H and O–H groups in total. The summed E-state index contributed by atoms with van der Waals surface area (Å²) < 4.78 is 58.9. The number of hydrogen-bond donors (Lipinski definition) is 0. The van der Waals surface area contributed by atoms with Gasteiger partial charge in [-0.25, -0.2) is 17.6 Å². The molecule has 54 heavy (non-hydrogen) atoms. The van der Waals surface area contributed by atoms with Crippen LogP contribution in [0, 0.1) is 23.3 Å². The molecule has 0 radical (unpaired) electrons. The molecule has 0 bridgehead atoms. The summed E-state index contributed by atoms with van der Waals surface area (Å²) in [5.74, 6) is -3.34. The molecule has 6 aromatic carbocycles. The second kappa shape index (κ2) is 16.8. The Labute approximate surface area is 314 Å². The van der Waals surface area contributed by atoms with Gasteiger partial charge in [0.1, 0.15) is 23.3 Å². The molecule has 0 heterocycles. The highest BCUT2D eigenvalue weighted by Gasteiger charge is 2.20. The Morgan fingerprint density at radius 3 is 1.22 bits per heavy atom. The van der Waals surface area contributed by atoms with Gasteiger partial charge in [-0.15, -0.1) is 13.2 Å². The average Bonchev–Trinajstić information content (AvgIpc) is 3.15. The summed E-state index contributed by atoms with van der Waals surface area (Å²) in [5, 5.41) is 0. The van der Waals surface area contributed by atoms with Crippen molar-refractivity contribution in [2.45, 2.75) is 13.1 Å². The minimum Gasteiger partial charge on any atom is -0.298 e. The molecule has 0 atom stereocenters. The summed E-state index contributed by atoms with van der Waals surface area (Å²) in [6, 6.07) is 32.5. The van der Waals surface area contributed by atoms with Crippen LogP contribution in [0.5, 0.6) is 0 Å². The van der Waals surface area contributed by atoms with Gasteiger partial charge in [0.15, 0.2) is 5.78 Å². The van der Waals surface area contributed by atoms with Crippen molar-refractivity contribution in [3.8, 4) is 44.5 Å². The average molecular weight is 725 g/mol. The van der Waals surface area contributed by atoms with E-state index in [1.54, 1.807) is 36.4 Å². The molecule has 6 rings (SSSR count). The summed E-state index contributed by atoms with van der Waals surface area (Å²) in [6.45, 7) is 10.5. The van der Waals surface area contributed by atoms with E-state index in [1.165, 1.54) is 24.3 Å². The first kappa shape index (κ1) is 37.9. The van der Waals surface area contributed by atoms with Crippen molar-refractivity contribution in [2.24, 2.45) is 0 Å². The van der Waals surface area contributed by atoms with Crippen molar-refractivity contribution >= 4 is 5.78 Å². The lowest BCUT2D eigenvalue weighted by Gasteiger charge is -2.17. The molecule has 0 amide bonds. The van der Waals surface area contributed by atoms with Crippen LogP contribution in [0.3, 0.4) is 0 Å². The van der Waals surface area contributed by atoms with Gasteiger partial charge < -0.3 is 0 Å². The summed E-state index contributed by atoms with van der Waals surface area (Å²) in [6.07, 6.45) is 3.67. The summed E-state index contributed by atoms with van der Waals surface area (Å²) in [4.78, 5) is 18.5. The lowest BCUT2D eigenvalue weighted by Crippen LogP contribution is -2.17. The van der Waals surface area contributed by atoms with Gasteiger partial charge in [0.25, 0.3) is 0 Å². The van der Waals surface area contributed by atoms with Gasteiger partial charge >= 0.3 is 0 Å². The van der Waals surface area contributed by atoms with Gasteiger partial charge in [-0.2, -0.15) is 0 Å². The molecule has 0 aliphatic carbocycles. The van der Waals surface area contributed by atoms with Crippen molar-refractivity contribution in [1.29, 1.82) is 0 Å². The normalized spacial score (nSPS) is 11.3. The molecule has 6 aromatic rings. The van der Waals surface area contributed by atoms with Crippen molar-refractivity contribution in [3.63, 3.8) is 0 Å². The maximum Gasteiger partial charge on any atom is 0.193 e. The maximum atomic E-state index is 15.4.